The highest BCUT2D eigenvalue weighted by Crippen LogP contribution is 2.38. The molecule has 0 radical (unpaired) electrons. The summed E-state index contributed by atoms with van der Waals surface area (Å²) in [5, 5.41) is 9.87. The van der Waals surface area contributed by atoms with Crippen LogP contribution in [0.1, 0.15) is 36.2 Å². The van der Waals surface area contributed by atoms with E-state index in [9.17, 15) is 4.39 Å². The Labute approximate surface area is 222 Å². The van der Waals surface area contributed by atoms with Gasteiger partial charge in [0.05, 0.1) is 27.0 Å². The molecule has 0 aliphatic heterocycles. The molecule has 1 heterocycles. The van der Waals surface area contributed by atoms with Crippen LogP contribution in [0.25, 0.3) is 5.69 Å². The maximum absolute atomic E-state index is 13.7. The van der Waals surface area contributed by atoms with Gasteiger partial charge in [0.2, 0.25) is 0 Å². The highest BCUT2D eigenvalue weighted by Gasteiger charge is 2.30. The van der Waals surface area contributed by atoms with Gasteiger partial charge >= 0.3 is 0 Å². The number of thioether (sulfide) groups is 1. The number of nitrogen functional groups attached to an aromatic ring is 1. The zero-order valence-corrected chi connectivity index (χ0v) is 22.0. The summed E-state index contributed by atoms with van der Waals surface area (Å²) in [5.74, 6) is 0.175. The normalized spacial score (nSPS) is 11.6. The summed E-state index contributed by atoms with van der Waals surface area (Å²) in [6.07, 6.45) is 1.83. The molecule has 0 unspecified atom stereocenters. The van der Waals surface area contributed by atoms with Crippen molar-refractivity contribution in [2.75, 3.05) is 0 Å². The van der Waals surface area contributed by atoms with E-state index < -0.39 is 5.41 Å². The number of halogens is 4. The molecule has 0 saturated heterocycles. The summed E-state index contributed by atoms with van der Waals surface area (Å²) in [6.45, 7) is 4.16. The number of hydrogen-bond donors (Lipinski definition) is 2. The van der Waals surface area contributed by atoms with Gasteiger partial charge in [0.25, 0.3) is 0 Å². The molecule has 35 heavy (non-hydrogen) atoms. The maximum atomic E-state index is 13.7. The lowest BCUT2D eigenvalue weighted by Crippen LogP contribution is -2.23. The topological polar surface area (TPSA) is 67.7 Å². The summed E-state index contributed by atoms with van der Waals surface area (Å²) >= 11 is 20.1. The number of rotatable bonds is 7. The molecule has 4 rings (SSSR count). The van der Waals surface area contributed by atoms with E-state index in [1.807, 2.05) is 35.0 Å². The minimum absolute atomic E-state index is 0.0830. The number of benzene rings is 3. The number of hydrogen-bond acceptors (Lipinski definition) is 3. The van der Waals surface area contributed by atoms with E-state index in [0.717, 1.165) is 27.7 Å². The van der Waals surface area contributed by atoms with Crippen LogP contribution in [0.3, 0.4) is 0 Å². The molecule has 4 aromatic rings. The molecule has 0 fully saturated rings. The number of nitrogens with two attached hydrogens (primary N) is 1. The number of nitrogens with one attached hydrogen (secondary N) is 1. The van der Waals surface area contributed by atoms with Crippen LogP contribution in [0.5, 0.6) is 0 Å². The second-order valence-corrected chi connectivity index (χ2v) is 10.7. The standard InChI is InChI=1S/C26H22Cl3FN4S/c1-26(2,16-4-10-21(28)22(29)12-16)23-13-33-25(34(23)18-7-5-17(30)6-8-18)35-14-15-3-9-20(27)19(11-15)24(31)32/h3-13H,14H2,1-2H3,(H3,31,32). The van der Waals surface area contributed by atoms with Crippen molar-refractivity contribution in [3.05, 3.63) is 110 Å². The SMILES string of the molecule is CC(C)(c1ccc(Cl)c(Cl)c1)c1cnc(SCc2ccc(Cl)c(C(=N)N)c2)n1-c1ccc(F)cc1. The van der Waals surface area contributed by atoms with Crippen molar-refractivity contribution in [3.63, 3.8) is 0 Å². The minimum atomic E-state index is -0.490. The fraction of sp³-hybridized carbons (Fsp3) is 0.154. The van der Waals surface area contributed by atoms with Gasteiger partial charge in [0.15, 0.2) is 5.16 Å². The molecule has 0 bridgehead atoms. The average Bonchev–Trinajstić information content (AvgIpc) is 3.25. The van der Waals surface area contributed by atoms with Gasteiger partial charge in [0, 0.05) is 22.4 Å². The van der Waals surface area contributed by atoms with E-state index in [-0.39, 0.29) is 11.7 Å². The fourth-order valence-electron chi connectivity index (χ4n) is 3.77. The molecule has 1 aromatic heterocycles. The molecule has 0 aliphatic carbocycles. The Morgan fingerprint density at radius 1 is 1.00 bits per heavy atom. The molecule has 0 amide bonds. The van der Waals surface area contributed by atoms with Crippen molar-refractivity contribution in [2.24, 2.45) is 5.73 Å². The first-order valence-corrected chi connectivity index (χ1v) is 12.7. The third-order valence-electron chi connectivity index (χ3n) is 5.78. The van der Waals surface area contributed by atoms with Crippen molar-refractivity contribution in [1.82, 2.24) is 9.55 Å². The zero-order chi connectivity index (χ0) is 25.3. The van der Waals surface area contributed by atoms with Crippen LogP contribution >= 0.6 is 46.6 Å². The number of imidazole rings is 1. The molecule has 3 N–H and O–H groups in total. The van der Waals surface area contributed by atoms with Gasteiger partial charge in [-0.05, 0) is 59.7 Å². The lowest BCUT2D eigenvalue weighted by molar-refractivity contribution is 0.591. The van der Waals surface area contributed by atoms with Crippen LogP contribution in [-0.2, 0) is 11.2 Å². The van der Waals surface area contributed by atoms with Crippen molar-refractivity contribution in [2.45, 2.75) is 30.2 Å². The highest BCUT2D eigenvalue weighted by atomic mass is 35.5. The first-order valence-electron chi connectivity index (χ1n) is 10.6. The molecule has 0 saturated carbocycles. The van der Waals surface area contributed by atoms with E-state index in [1.165, 1.54) is 23.9 Å². The third kappa shape index (κ3) is 5.36. The Kier molecular flexibility index (Phi) is 7.48. The van der Waals surface area contributed by atoms with E-state index in [1.54, 1.807) is 24.3 Å². The van der Waals surface area contributed by atoms with Crippen molar-refractivity contribution >= 4 is 52.4 Å². The fourth-order valence-corrected chi connectivity index (χ4v) is 5.22. The molecule has 4 nitrogen and oxygen atoms in total. The smallest absolute Gasteiger partial charge is 0.173 e. The molecule has 3 aromatic carbocycles. The van der Waals surface area contributed by atoms with Gasteiger partial charge in [0.1, 0.15) is 11.7 Å². The number of nitrogens with zero attached hydrogens (tertiary/aromatic N) is 2. The van der Waals surface area contributed by atoms with Crippen LogP contribution in [0.4, 0.5) is 4.39 Å². The lowest BCUT2D eigenvalue weighted by atomic mass is 9.81. The Morgan fingerprint density at radius 2 is 1.69 bits per heavy atom. The van der Waals surface area contributed by atoms with Gasteiger partial charge in [-0.2, -0.15) is 0 Å². The predicted molar refractivity (Wildman–Crippen MR) is 144 cm³/mol. The summed E-state index contributed by atoms with van der Waals surface area (Å²) in [5.41, 5.74) is 9.27. The molecule has 0 atom stereocenters. The van der Waals surface area contributed by atoms with E-state index >= 15 is 0 Å². The van der Waals surface area contributed by atoms with Crippen LogP contribution < -0.4 is 5.73 Å². The predicted octanol–water partition coefficient (Wildman–Crippen LogP) is 7.87. The van der Waals surface area contributed by atoms with Gasteiger partial charge in [-0.15, -0.1) is 0 Å². The summed E-state index contributed by atoms with van der Waals surface area (Å²) < 4.78 is 15.7. The Balaban J connectivity index is 1.76. The maximum Gasteiger partial charge on any atom is 0.173 e. The largest absolute Gasteiger partial charge is 0.384 e. The second-order valence-electron chi connectivity index (χ2n) is 8.51. The van der Waals surface area contributed by atoms with Crippen molar-refractivity contribution < 1.29 is 4.39 Å². The van der Waals surface area contributed by atoms with Crippen LogP contribution in [0.15, 0.2) is 72.0 Å². The van der Waals surface area contributed by atoms with E-state index in [2.05, 4.69) is 13.8 Å². The Morgan fingerprint density at radius 3 is 2.34 bits per heavy atom. The van der Waals surface area contributed by atoms with Crippen molar-refractivity contribution in [1.29, 1.82) is 5.41 Å². The molecule has 9 heteroatoms. The first-order chi connectivity index (χ1) is 16.6. The van der Waals surface area contributed by atoms with Crippen LogP contribution in [-0.4, -0.2) is 15.4 Å². The lowest BCUT2D eigenvalue weighted by Gasteiger charge is -2.28. The highest BCUT2D eigenvalue weighted by molar-refractivity contribution is 7.98. The summed E-state index contributed by atoms with van der Waals surface area (Å²) in [6, 6.07) is 17.3. The van der Waals surface area contributed by atoms with Gasteiger partial charge in [-0.1, -0.05) is 72.5 Å². The van der Waals surface area contributed by atoms with Crippen LogP contribution in [0.2, 0.25) is 15.1 Å². The Hall–Kier alpha value is -2.51. The van der Waals surface area contributed by atoms with Crippen LogP contribution in [0, 0.1) is 11.2 Å². The first kappa shape index (κ1) is 25.6. The molecule has 0 aliphatic rings. The monoisotopic (exact) mass is 546 g/mol. The minimum Gasteiger partial charge on any atom is -0.384 e. The van der Waals surface area contributed by atoms with E-state index in [0.29, 0.717) is 26.4 Å². The Bertz CT molecular complexity index is 1400. The average molecular weight is 548 g/mol. The second kappa shape index (κ2) is 10.2. The molecular formula is C26H22Cl3FN4S. The molecule has 0 spiro atoms. The zero-order valence-electron chi connectivity index (χ0n) is 18.9. The summed E-state index contributed by atoms with van der Waals surface area (Å²) in [7, 11) is 0. The van der Waals surface area contributed by atoms with Gasteiger partial charge < -0.3 is 5.73 Å². The number of amidine groups is 1. The third-order valence-corrected chi connectivity index (χ3v) is 7.88. The van der Waals surface area contributed by atoms with Crippen molar-refractivity contribution in [3.8, 4) is 5.69 Å². The molecular weight excluding hydrogens is 526 g/mol. The quantitative estimate of drug-likeness (QED) is 0.140. The summed E-state index contributed by atoms with van der Waals surface area (Å²) in [4.78, 5) is 4.72. The van der Waals surface area contributed by atoms with Gasteiger partial charge in [-0.3, -0.25) is 9.98 Å². The molecule has 180 valence electrons. The van der Waals surface area contributed by atoms with E-state index in [4.69, 9.17) is 50.9 Å². The number of aromatic nitrogens is 2. The van der Waals surface area contributed by atoms with Gasteiger partial charge in [-0.25, -0.2) is 9.37 Å².